The Hall–Kier alpha value is -2.33. The fraction of sp³-hybridized carbons (Fsp3) is 0.250. The first-order valence-corrected chi connectivity index (χ1v) is 4.84. The van der Waals surface area contributed by atoms with Crippen molar-refractivity contribution >= 4 is 5.91 Å². The van der Waals surface area contributed by atoms with Crippen molar-refractivity contribution in [2.45, 2.75) is 5.92 Å². The average molecular weight is 211 g/mol. The molecule has 1 amide bonds. The number of carbonyl (C=O) groups excluding carboxylic acids is 1. The Morgan fingerprint density at radius 3 is 2.19 bits per heavy atom. The number of nitriles is 2. The number of rotatable bonds is 2. The van der Waals surface area contributed by atoms with Crippen LogP contribution in [-0.2, 0) is 4.79 Å². The van der Waals surface area contributed by atoms with Crippen LogP contribution in [0.1, 0.15) is 11.5 Å². The summed E-state index contributed by atoms with van der Waals surface area (Å²) in [5, 5.41) is 18.1. The van der Waals surface area contributed by atoms with Crippen LogP contribution in [0.4, 0.5) is 0 Å². The lowest BCUT2D eigenvalue weighted by molar-refractivity contribution is -0.119. The first-order chi connectivity index (χ1) is 7.67. The molecule has 78 valence electrons. The van der Waals surface area contributed by atoms with E-state index in [9.17, 15) is 4.79 Å². The maximum Gasteiger partial charge on any atom is 0.223 e. The Bertz CT molecular complexity index is 495. The van der Waals surface area contributed by atoms with Gasteiger partial charge in [0.15, 0.2) is 5.41 Å². The van der Waals surface area contributed by atoms with Crippen LogP contribution in [-0.4, -0.2) is 5.91 Å². The lowest BCUT2D eigenvalue weighted by atomic mass is 10.0. The summed E-state index contributed by atoms with van der Waals surface area (Å²) in [5.41, 5.74) is 4.75. The van der Waals surface area contributed by atoms with Gasteiger partial charge in [0, 0.05) is 5.92 Å². The zero-order valence-electron chi connectivity index (χ0n) is 8.42. The topological polar surface area (TPSA) is 90.7 Å². The molecule has 4 heteroatoms. The second kappa shape index (κ2) is 3.36. The molecule has 2 N–H and O–H groups in total. The van der Waals surface area contributed by atoms with Crippen LogP contribution in [0.3, 0.4) is 0 Å². The zero-order chi connectivity index (χ0) is 11.8. The number of primary amides is 1. The first-order valence-electron chi connectivity index (χ1n) is 4.84. The molecule has 2 atom stereocenters. The minimum Gasteiger partial charge on any atom is -0.369 e. The van der Waals surface area contributed by atoms with Crippen molar-refractivity contribution in [2.24, 2.45) is 17.1 Å². The van der Waals surface area contributed by atoms with Crippen LogP contribution in [0, 0.1) is 34.0 Å². The van der Waals surface area contributed by atoms with E-state index in [0.29, 0.717) is 0 Å². The highest BCUT2D eigenvalue weighted by molar-refractivity contribution is 5.85. The summed E-state index contributed by atoms with van der Waals surface area (Å²) in [6.07, 6.45) is 0. The number of hydrogen-bond donors (Lipinski definition) is 1. The van der Waals surface area contributed by atoms with Crippen molar-refractivity contribution < 1.29 is 4.79 Å². The van der Waals surface area contributed by atoms with Crippen molar-refractivity contribution in [3.8, 4) is 12.1 Å². The van der Waals surface area contributed by atoms with Gasteiger partial charge in [-0.05, 0) is 5.56 Å². The largest absolute Gasteiger partial charge is 0.369 e. The summed E-state index contributed by atoms with van der Waals surface area (Å²) in [6, 6.07) is 12.9. The maximum absolute atomic E-state index is 11.2. The highest BCUT2D eigenvalue weighted by Gasteiger charge is 2.70. The average Bonchev–Trinajstić information content (AvgIpc) is 3.00. The first kappa shape index (κ1) is 10.2. The van der Waals surface area contributed by atoms with Gasteiger partial charge in [-0.25, -0.2) is 0 Å². The van der Waals surface area contributed by atoms with E-state index in [4.69, 9.17) is 16.3 Å². The normalized spacial score (nSPS) is 25.1. The van der Waals surface area contributed by atoms with E-state index in [1.807, 2.05) is 30.3 Å². The van der Waals surface area contributed by atoms with Gasteiger partial charge in [-0.1, -0.05) is 30.3 Å². The number of benzene rings is 1. The van der Waals surface area contributed by atoms with Gasteiger partial charge in [-0.3, -0.25) is 4.79 Å². The number of nitrogens with zero attached hydrogens (tertiary/aromatic N) is 2. The molecule has 4 nitrogen and oxygen atoms in total. The van der Waals surface area contributed by atoms with E-state index in [1.165, 1.54) is 0 Å². The molecule has 0 aromatic heterocycles. The highest BCUT2D eigenvalue weighted by atomic mass is 16.1. The Kier molecular flexibility index (Phi) is 2.14. The number of amides is 1. The summed E-state index contributed by atoms with van der Waals surface area (Å²) >= 11 is 0. The Morgan fingerprint density at radius 1 is 1.25 bits per heavy atom. The van der Waals surface area contributed by atoms with Crippen LogP contribution >= 0.6 is 0 Å². The van der Waals surface area contributed by atoms with Crippen molar-refractivity contribution in [3.05, 3.63) is 35.9 Å². The fourth-order valence-electron chi connectivity index (χ4n) is 2.20. The molecule has 2 rings (SSSR count). The molecule has 16 heavy (non-hydrogen) atoms. The van der Waals surface area contributed by atoms with E-state index in [0.717, 1.165) is 5.56 Å². The third-order valence-corrected chi connectivity index (χ3v) is 3.04. The van der Waals surface area contributed by atoms with Crippen LogP contribution in [0.5, 0.6) is 0 Å². The van der Waals surface area contributed by atoms with Gasteiger partial charge >= 0.3 is 0 Å². The van der Waals surface area contributed by atoms with Crippen LogP contribution in [0.25, 0.3) is 0 Å². The third-order valence-electron chi connectivity index (χ3n) is 3.04. The van der Waals surface area contributed by atoms with Gasteiger partial charge in [0.2, 0.25) is 5.91 Å². The van der Waals surface area contributed by atoms with Crippen LogP contribution in [0.2, 0.25) is 0 Å². The second-order valence-electron chi connectivity index (χ2n) is 3.86. The number of hydrogen-bond acceptors (Lipinski definition) is 3. The molecule has 1 saturated carbocycles. The molecular weight excluding hydrogens is 202 g/mol. The highest BCUT2D eigenvalue weighted by Crippen LogP contribution is 2.63. The maximum atomic E-state index is 11.2. The van der Waals surface area contributed by atoms with E-state index < -0.39 is 17.2 Å². The van der Waals surface area contributed by atoms with Gasteiger partial charge in [0.25, 0.3) is 0 Å². The molecule has 0 spiro atoms. The third kappa shape index (κ3) is 1.17. The van der Waals surface area contributed by atoms with E-state index in [1.54, 1.807) is 12.1 Å². The van der Waals surface area contributed by atoms with Crippen LogP contribution in [0.15, 0.2) is 30.3 Å². The fourth-order valence-corrected chi connectivity index (χ4v) is 2.20. The Labute approximate surface area is 92.9 Å². The lowest BCUT2D eigenvalue weighted by Crippen LogP contribution is -2.17. The molecule has 0 radical (unpaired) electrons. The van der Waals surface area contributed by atoms with Gasteiger partial charge in [-0.15, -0.1) is 0 Å². The lowest BCUT2D eigenvalue weighted by Gasteiger charge is -1.97. The summed E-state index contributed by atoms with van der Waals surface area (Å²) < 4.78 is 0. The van der Waals surface area contributed by atoms with Crippen molar-refractivity contribution in [1.29, 1.82) is 10.5 Å². The predicted octanol–water partition coefficient (Wildman–Crippen LogP) is 0.919. The number of nitrogens with two attached hydrogens (primary N) is 1. The van der Waals surface area contributed by atoms with Gasteiger partial charge in [0.05, 0.1) is 18.1 Å². The van der Waals surface area contributed by atoms with Gasteiger partial charge in [-0.2, -0.15) is 10.5 Å². The number of carbonyl (C=O) groups is 1. The van der Waals surface area contributed by atoms with E-state index >= 15 is 0 Å². The standard InChI is InChI=1S/C12H9N3O/c13-6-12(7-14)9(10(12)11(15)16)8-4-2-1-3-5-8/h1-5,9-10H,(H2,15,16)/t9-,10+/m0/s1. The molecule has 1 aliphatic carbocycles. The molecule has 1 aliphatic rings. The minimum absolute atomic E-state index is 0.388. The summed E-state index contributed by atoms with van der Waals surface area (Å²) in [7, 11) is 0. The van der Waals surface area contributed by atoms with Crippen molar-refractivity contribution in [2.75, 3.05) is 0 Å². The van der Waals surface area contributed by atoms with Crippen LogP contribution < -0.4 is 5.73 Å². The zero-order valence-corrected chi connectivity index (χ0v) is 8.42. The molecule has 0 heterocycles. The van der Waals surface area contributed by atoms with Gasteiger partial charge < -0.3 is 5.73 Å². The summed E-state index contributed by atoms with van der Waals surface area (Å²) in [5.74, 6) is -1.66. The van der Waals surface area contributed by atoms with Crippen molar-refractivity contribution in [1.82, 2.24) is 0 Å². The molecule has 0 aliphatic heterocycles. The molecule has 1 fully saturated rings. The molecule has 1 aromatic rings. The quantitative estimate of drug-likeness (QED) is 0.788. The van der Waals surface area contributed by atoms with Gasteiger partial charge in [0.1, 0.15) is 0 Å². The smallest absolute Gasteiger partial charge is 0.223 e. The summed E-state index contributed by atoms with van der Waals surface area (Å²) in [6.45, 7) is 0. The molecule has 0 saturated heterocycles. The Morgan fingerprint density at radius 2 is 1.81 bits per heavy atom. The summed E-state index contributed by atoms with van der Waals surface area (Å²) in [4.78, 5) is 11.2. The Balaban J connectivity index is 2.43. The second-order valence-corrected chi connectivity index (χ2v) is 3.86. The van der Waals surface area contributed by atoms with E-state index in [2.05, 4.69) is 0 Å². The predicted molar refractivity (Wildman–Crippen MR) is 55.5 cm³/mol. The monoisotopic (exact) mass is 211 g/mol. The molecule has 1 aromatic carbocycles. The minimum atomic E-state index is -1.27. The van der Waals surface area contributed by atoms with E-state index in [-0.39, 0.29) is 5.92 Å². The molecule has 0 unspecified atom stereocenters. The SMILES string of the molecule is N#CC1(C#N)[C@@H](C(N)=O)[C@@H]1c1ccccc1. The van der Waals surface area contributed by atoms with Crippen molar-refractivity contribution in [3.63, 3.8) is 0 Å². The molecular formula is C12H9N3O. The molecule has 0 bridgehead atoms.